The topological polar surface area (TPSA) is 20.2 Å². The Bertz CT molecular complexity index is 557. The summed E-state index contributed by atoms with van der Waals surface area (Å²) in [5.41, 5.74) is 3.19. The van der Waals surface area contributed by atoms with Gasteiger partial charge >= 0.3 is 0 Å². The molecule has 0 spiro atoms. The molecule has 29 heavy (non-hydrogen) atoms. The van der Waals surface area contributed by atoms with Crippen molar-refractivity contribution in [2.24, 2.45) is 0 Å². The van der Waals surface area contributed by atoms with E-state index in [1.165, 1.54) is 69.8 Å². The van der Waals surface area contributed by atoms with Crippen molar-refractivity contribution in [3.63, 3.8) is 0 Å². The molecule has 1 atom stereocenters. The summed E-state index contributed by atoms with van der Waals surface area (Å²) >= 11 is 4.95. The lowest BCUT2D eigenvalue weighted by Crippen LogP contribution is -2.18. The zero-order chi connectivity index (χ0) is 22.1. The normalized spacial score (nSPS) is 13.7. The van der Waals surface area contributed by atoms with E-state index in [1.54, 1.807) is 0 Å². The van der Waals surface area contributed by atoms with Crippen molar-refractivity contribution in [1.29, 1.82) is 0 Å². The first-order chi connectivity index (χ1) is 13.5. The SMILES string of the molecule is CCCCCCCCCCCCC(S)c1cc(C(C)(C)C)c(O)c(C(C)(C)C)c1. The number of thiol groups is 1. The van der Waals surface area contributed by atoms with E-state index in [4.69, 9.17) is 12.6 Å². The summed E-state index contributed by atoms with van der Waals surface area (Å²) in [7, 11) is 0. The lowest BCUT2D eigenvalue weighted by molar-refractivity contribution is 0.422. The summed E-state index contributed by atoms with van der Waals surface area (Å²) in [5.74, 6) is 0.466. The van der Waals surface area contributed by atoms with Crippen LogP contribution in [0.2, 0.25) is 0 Å². The molecule has 0 heterocycles. The molecule has 0 saturated carbocycles. The zero-order valence-corrected chi connectivity index (χ0v) is 21.3. The van der Waals surface area contributed by atoms with E-state index in [0.29, 0.717) is 5.75 Å². The number of hydrogen-bond donors (Lipinski definition) is 2. The van der Waals surface area contributed by atoms with Crippen LogP contribution in [0.4, 0.5) is 0 Å². The highest BCUT2D eigenvalue weighted by atomic mass is 32.1. The van der Waals surface area contributed by atoms with Gasteiger partial charge in [0, 0.05) is 5.25 Å². The minimum absolute atomic E-state index is 0.0787. The van der Waals surface area contributed by atoms with Crippen LogP contribution in [0, 0.1) is 0 Å². The average molecular weight is 421 g/mol. The maximum Gasteiger partial charge on any atom is 0.123 e. The van der Waals surface area contributed by atoms with Gasteiger partial charge in [-0.3, -0.25) is 0 Å². The molecule has 1 unspecified atom stereocenters. The van der Waals surface area contributed by atoms with Gasteiger partial charge in [0.1, 0.15) is 5.75 Å². The Balaban J connectivity index is 2.58. The summed E-state index contributed by atoms with van der Waals surface area (Å²) in [4.78, 5) is 0. The summed E-state index contributed by atoms with van der Waals surface area (Å²) in [6.45, 7) is 15.3. The molecule has 0 saturated heterocycles. The predicted molar refractivity (Wildman–Crippen MR) is 134 cm³/mol. The van der Waals surface area contributed by atoms with Crippen molar-refractivity contribution in [3.05, 3.63) is 28.8 Å². The molecular weight excluding hydrogens is 372 g/mol. The van der Waals surface area contributed by atoms with E-state index in [2.05, 4.69) is 60.6 Å². The molecule has 0 aliphatic rings. The molecular formula is C27H48OS. The lowest BCUT2D eigenvalue weighted by Gasteiger charge is -2.29. The Kier molecular flexibility index (Phi) is 11.2. The van der Waals surface area contributed by atoms with Crippen LogP contribution in [0.3, 0.4) is 0 Å². The molecule has 0 aliphatic carbocycles. The van der Waals surface area contributed by atoms with E-state index in [9.17, 15) is 5.11 Å². The molecule has 0 aromatic heterocycles. The summed E-state index contributed by atoms with van der Waals surface area (Å²) in [5, 5.41) is 11.1. The molecule has 1 rings (SSSR count). The van der Waals surface area contributed by atoms with Crippen molar-refractivity contribution in [2.45, 2.75) is 135 Å². The first kappa shape index (κ1) is 26.4. The molecule has 0 radical (unpaired) electrons. The lowest BCUT2D eigenvalue weighted by atomic mass is 9.78. The number of benzene rings is 1. The maximum atomic E-state index is 10.9. The third kappa shape index (κ3) is 9.37. The molecule has 0 fully saturated rings. The minimum Gasteiger partial charge on any atom is -0.507 e. The van der Waals surface area contributed by atoms with Crippen molar-refractivity contribution in [3.8, 4) is 5.75 Å². The number of phenols is 1. The van der Waals surface area contributed by atoms with E-state index >= 15 is 0 Å². The molecule has 1 aromatic rings. The van der Waals surface area contributed by atoms with Gasteiger partial charge in [0.15, 0.2) is 0 Å². The number of rotatable bonds is 12. The second-order valence-electron chi connectivity index (χ2n) is 11.0. The van der Waals surface area contributed by atoms with Gasteiger partial charge in [-0.1, -0.05) is 125 Å². The average Bonchev–Trinajstić information content (AvgIpc) is 2.61. The summed E-state index contributed by atoms with van der Waals surface area (Å²) in [6, 6.07) is 4.39. The van der Waals surface area contributed by atoms with Crippen LogP contribution in [0.1, 0.15) is 141 Å². The molecule has 168 valence electrons. The predicted octanol–water partition coefficient (Wildman–Crippen LogP) is 9.27. The van der Waals surface area contributed by atoms with Crippen LogP contribution >= 0.6 is 12.6 Å². The highest BCUT2D eigenvalue weighted by molar-refractivity contribution is 7.80. The smallest absolute Gasteiger partial charge is 0.123 e. The van der Waals surface area contributed by atoms with Crippen LogP contribution in [0.15, 0.2) is 12.1 Å². The minimum atomic E-state index is -0.0787. The summed E-state index contributed by atoms with van der Waals surface area (Å²) < 4.78 is 0. The van der Waals surface area contributed by atoms with Gasteiger partial charge in [0.05, 0.1) is 0 Å². The van der Waals surface area contributed by atoms with Gasteiger partial charge in [-0.2, -0.15) is 12.6 Å². The standard InChI is InChI=1S/C27H48OS/c1-8-9-10-11-12-13-14-15-16-17-18-24(29)21-19-22(26(2,3)4)25(28)23(20-21)27(5,6)7/h19-20,24,28-29H,8-18H2,1-7H3. The van der Waals surface area contributed by atoms with Gasteiger partial charge in [0.25, 0.3) is 0 Å². The highest BCUT2D eigenvalue weighted by Gasteiger charge is 2.27. The first-order valence-corrected chi connectivity index (χ1v) is 12.6. The quantitative estimate of drug-likeness (QED) is 0.255. The van der Waals surface area contributed by atoms with Crippen LogP contribution in [-0.4, -0.2) is 5.11 Å². The van der Waals surface area contributed by atoms with E-state index in [0.717, 1.165) is 17.5 Å². The zero-order valence-electron chi connectivity index (χ0n) is 20.4. The van der Waals surface area contributed by atoms with E-state index in [-0.39, 0.29) is 16.1 Å². The van der Waals surface area contributed by atoms with Gasteiger partial charge in [0.2, 0.25) is 0 Å². The van der Waals surface area contributed by atoms with Gasteiger partial charge in [-0.15, -0.1) is 0 Å². The molecule has 1 N–H and O–H groups in total. The third-order valence-electron chi connectivity index (χ3n) is 5.96. The maximum absolute atomic E-state index is 10.9. The second-order valence-corrected chi connectivity index (χ2v) is 11.6. The third-order valence-corrected chi connectivity index (χ3v) is 6.52. The van der Waals surface area contributed by atoms with Crippen molar-refractivity contribution in [1.82, 2.24) is 0 Å². The van der Waals surface area contributed by atoms with Crippen LogP contribution < -0.4 is 0 Å². The molecule has 0 amide bonds. The number of phenolic OH excluding ortho intramolecular Hbond substituents is 1. The van der Waals surface area contributed by atoms with Gasteiger partial charge in [-0.25, -0.2) is 0 Å². The highest BCUT2D eigenvalue weighted by Crippen LogP contribution is 2.42. The molecule has 0 bridgehead atoms. The molecule has 1 nitrogen and oxygen atoms in total. The Morgan fingerprint density at radius 3 is 1.48 bits per heavy atom. The Hall–Kier alpha value is -0.630. The fourth-order valence-electron chi connectivity index (χ4n) is 3.98. The Morgan fingerprint density at radius 2 is 1.10 bits per heavy atom. The number of hydrogen-bond acceptors (Lipinski definition) is 2. The molecule has 0 aliphatic heterocycles. The first-order valence-electron chi connectivity index (χ1n) is 12.0. The van der Waals surface area contributed by atoms with Crippen LogP contribution in [-0.2, 0) is 10.8 Å². The van der Waals surface area contributed by atoms with Crippen molar-refractivity contribution in [2.75, 3.05) is 0 Å². The Labute approximate surface area is 187 Å². The van der Waals surface area contributed by atoms with Crippen molar-refractivity contribution >= 4 is 12.6 Å². The summed E-state index contributed by atoms with van der Waals surface area (Å²) in [6.07, 6.45) is 14.8. The number of aromatic hydroxyl groups is 1. The van der Waals surface area contributed by atoms with Crippen LogP contribution in [0.25, 0.3) is 0 Å². The number of unbranched alkanes of at least 4 members (excludes halogenated alkanes) is 9. The van der Waals surface area contributed by atoms with E-state index in [1.807, 2.05) is 0 Å². The monoisotopic (exact) mass is 420 g/mol. The fraction of sp³-hybridized carbons (Fsp3) is 0.778. The Morgan fingerprint density at radius 1 is 0.724 bits per heavy atom. The molecule has 2 heteroatoms. The van der Waals surface area contributed by atoms with Gasteiger partial charge in [-0.05, 0) is 33.9 Å². The van der Waals surface area contributed by atoms with Crippen molar-refractivity contribution < 1.29 is 5.11 Å². The fourth-order valence-corrected chi connectivity index (χ4v) is 4.32. The van der Waals surface area contributed by atoms with Crippen LogP contribution in [0.5, 0.6) is 5.75 Å². The second kappa shape index (κ2) is 12.3. The largest absolute Gasteiger partial charge is 0.507 e. The van der Waals surface area contributed by atoms with E-state index < -0.39 is 0 Å². The molecule has 1 aromatic carbocycles. The van der Waals surface area contributed by atoms with Gasteiger partial charge < -0.3 is 5.11 Å².